The summed E-state index contributed by atoms with van der Waals surface area (Å²) in [7, 11) is 0. The molecule has 1 fully saturated rings. The predicted molar refractivity (Wildman–Crippen MR) is 83.4 cm³/mol. The molecule has 2 amide bonds. The van der Waals surface area contributed by atoms with Gasteiger partial charge in [0.2, 0.25) is 0 Å². The van der Waals surface area contributed by atoms with Crippen molar-refractivity contribution in [2.24, 2.45) is 0 Å². The molecule has 6 nitrogen and oxygen atoms in total. The van der Waals surface area contributed by atoms with Crippen molar-refractivity contribution in [3.63, 3.8) is 0 Å². The Morgan fingerprint density at radius 2 is 2.19 bits per heavy atom. The number of thioether (sulfide) groups is 1. The molecule has 0 saturated carbocycles. The third-order valence-electron chi connectivity index (χ3n) is 2.40. The maximum absolute atomic E-state index is 12.1. The van der Waals surface area contributed by atoms with E-state index in [0.29, 0.717) is 14.9 Å². The van der Waals surface area contributed by atoms with Crippen molar-refractivity contribution in [2.45, 2.75) is 6.92 Å². The van der Waals surface area contributed by atoms with Crippen LogP contribution in [0.15, 0.2) is 24.5 Å². The summed E-state index contributed by atoms with van der Waals surface area (Å²) >= 11 is 7.19. The van der Waals surface area contributed by atoms with E-state index >= 15 is 0 Å². The standard InChI is InChI=1S/C12H9Br2NO5S/c1-2-19-9(16)5-15-11(17)8(21-12(15)18)4-6-3-7(13)10(14)20-6/h3-4H,2,5H2,1H3/b8-4+. The summed E-state index contributed by atoms with van der Waals surface area (Å²) in [6.07, 6.45) is 1.45. The number of rotatable bonds is 4. The van der Waals surface area contributed by atoms with E-state index in [9.17, 15) is 14.4 Å². The number of esters is 1. The normalized spacial score (nSPS) is 16.9. The molecule has 0 unspecified atom stereocenters. The van der Waals surface area contributed by atoms with E-state index in [4.69, 9.17) is 9.15 Å². The highest BCUT2D eigenvalue weighted by atomic mass is 79.9. The van der Waals surface area contributed by atoms with Gasteiger partial charge in [-0.2, -0.15) is 0 Å². The first-order valence-corrected chi connectivity index (χ1v) is 8.18. The van der Waals surface area contributed by atoms with Crippen molar-refractivity contribution < 1.29 is 23.5 Å². The molecule has 1 aliphatic heterocycles. The van der Waals surface area contributed by atoms with E-state index in [1.54, 1.807) is 13.0 Å². The Bertz CT molecular complexity index is 620. The van der Waals surface area contributed by atoms with Gasteiger partial charge in [0.15, 0.2) is 4.67 Å². The average molecular weight is 439 g/mol. The number of carbonyl (C=O) groups excluding carboxylic acids is 3. The number of hydrogen-bond donors (Lipinski definition) is 0. The van der Waals surface area contributed by atoms with Gasteiger partial charge in [0, 0.05) is 6.08 Å². The van der Waals surface area contributed by atoms with Crippen LogP contribution in [0.25, 0.3) is 6.08 Å². The minimum atomic E-state index is -0.621. The molecule has 0 atom stereocenters. The fourth-order valence-electron chi connectivity index (χ4n) is 1.54. The van der Waals surface area contributed by atoms with Crippen LogP contribution in [-0.4, -0.2) is 35.2 Å². The molecule has 0 spiro atoms. The third-order valence-corrected chi connectivity index (χ3v) is 5.02. The van der Waals surface area contributed by atoms with Crippen LogP contribution in [0.5, 0.6) is 0 Å². The topological polar surface area (TPSA) is 76.8 Å². The van der Waals surface area contributed by atoms with Crippen LogP contribution in [0.3, 0.4) is 0 Å². The quantitative estimate of drug-likeness (QED) is 0.529. The summed E-state index contributed by atoms with van der Waals surface area (Å²) in [6.45, 7) is 1.46. The van der Waals surface area contributed by atoms with E-state index in [1.165, 1.54) is 6.08 Å². The number of ether oxygens (including phenoxy) is 1. The van der Waals surface area contributed by atoms with Gasteiger partial charge in [0.1, 0.15) is 12.3 Å². The Morgan fingerprint density at radius 1 is 1.48 bits per heavy atom. The van der Waals surface area contributed by atoms with E-state index < -0.39 is 17.1 Å². The number of imide groups is 1. The lowest BCUT2D eigenvalue weighted by atomic mass is 10.3. The first-order valence-electron chi connectivity index (χ1n) is 5.78. The number of carbonyl (C=O) groups is 3. The Labute approximate surface area is 141 Å². The number of hydrogen-bond acceptors (Lipinski definition) is 6. The van der Waals surface area contributed by atoms with Crippen LogP contribution in [0, 0.1) is 0 Å². The fraction of sp³-hybridized carbons (Fsp3) is 0.250. The van der Waals surface area contributed by atoms with E-state index in [2.05, 4.69) is 31.9 Å². The lowest BCUT2D eigenvalue weighted by molar-refractivity contribution is -0.145. The van der Waals surface area contributed by atoms with Crippen LogP contribution in [0.2, 0.25) is 0 Å². The summed E-state index contributed by atoms with van der Waals surface area (Å²) in [5.74, 6) is -0.748. The van der Waals surface area contributed by atoms with Crippen molar-refractivity contribution in [3.05, 3.63) is 25.9 Å². The van der Waals surface area contributed by atoms with Crippen molar-refractivity contribution >= 4 is 66.8 Å². The lowest BCUT2D eigenvalue weighted by Crippen LogP contribution is -2.34. The van der Waals surface area contributed by atoms with Gasteiger partial charge in [-0.25, -0.2) is 0 Å². The smallest absolute Gasteiger partial charge is 0.326 e. The Balaban J connectivity index is 2.15. The molecule has 1 aromatic rings. The molecule has 0 bridgehead atoms. The van der Waals surface area contributed by atoms with Crippen LogP contribution < -0.4 is 0 Å². The molecular weight excluding hydrogens is 430 g/mol. The number of furan rings is 1. The Kier molecular flexibility index (Phi) is 5.28. The predicted octanol–water partition coefficient (Wildman–Crippen LogP) is 3.40. The molecule has 1 saturated heterocycles. The van der Waals surface area contributed by atoms with Gasteiger partial charge in [-0.05, 0) is 56.6 Å². The van der Waals surface area contributed by atoms with Gasteiger partial charge in [-0.1, -0.05) is 0 Å². The molecule has 2 heterocycles. The summed E-state index contributed by atoms with van der Waals surface area (Å²) in [6, 6.07) is 1.66. The fourth-order valence-corrected chi connectivity index (χ4v) is 2.96. The SMILES string of the molecule is CCOC(=O)CN1C(=O)S/C(=C/c2cc(Br)c(Br)o2)C1=O. The van der Waals surface area contributed by atoms with Crippen LogP contribution in [-0.2, 0) is 14.3 Å². The molecule has 1 aromatic heterocycles. The average Bonchev–Trinajstić information content (AvgIpc) is 2.85. The Morgan fingerprint density at radius 3 is 2.76 bits per heavy atom. The van der Waals surface area contributed by atoms with Gasteiger partial charge in [-0.15, -0.1) is 0 Å². The van der Waals surface area contributed by atoms with Gasteiger partial charge in [0.25, 0.3) is 11.1 Å². The van der Waals surface area contributed by atoms with E-state index in [1.807, 2.05) is 0 Å². The highest BCUT2D eigenvalue weighted by molar-refractivity contribution is 9.13. The van der Waals surface area contributed by atoms with Crippen molar-refractivity contribution in [2.75, 3.05) is 13.2 Å². The maximum atomic E-state index is 12.1. The van der Waals surface area contributed by atoms with E-state index in [-0.39, 0.29) is 18.1 Å². The zero-order chi connectivity index (χ0) is 15.6. The molecule has 9 heteroatoms. The minimum absolute atomic E-state index is 0.193. The van der Waals surface area contributed by atoms with Gasteiger partial charge in [-0.3, -0.25) is 19.3 Å². The van der Waals surface area contributed by atoms with Gasteiger partial charge >= 0.3 is 5.97 Å². The summed E-state index contributed by atoms with van der Waals surface area (Å²) in [5, 5.41) is -0.510. The molecule has 0 aliphatic carbocycles. The second-order valence-corrected chi connectivity index (χ2v) is 6.41. The monoisotopic (exact) mass is 437 g/mol. The molecule has 2 rings (SSSR count). The van der Waals surface area contributed by atoms with Crippen LogP contribution in [0.4, 0.5) is 4.79 Å². The number of nitrogens with zero attached hydrogens (tertiary/aromatic N) is 1. The zero-order valence-electron chi connectivity index (χ0n) is 10.7. The largest absolute Gasteiger partial charge is 0.465 e. The Hall–Kier alpha value is -1.06. The second kappa shape index (κ2) is 6.80. The lowest BCUT2D eigenvalue weighted by Gasteiger charge is -2.10. The molecule has 0 aromatic carbocycles. The van der Waals surface area contributed by atoms with Gasteiger partial charge in [0.05, 0.1) is 16.0 Å². The second-order valence-electron chi connectivity index (χ2n) is 3.84. The number of halogens is 2. The van der Waals surface area contributed by atoms with Crippen molar-refractivity contribution in [3.8, 4) is 0 Å². The number of amides is 2. The first-order chi connectivity index (χ1) is 9.92. The van der Waals surface area contributed by atoms with Crippen LogP contribution >= 0.6 is 43.6 Å². The summed E-state index contributed by atoms with van der Waals surface area (Å²) < 4.78 is 11.2. The third kappa shape index (κ3) is 3.78. The van der Waals surface area contributed by atoms with Gasteiger partial charge < -0.3 is 9.15 Å². The minimum Gasteiger partial charge on any atom is -0.465 e. The summed E-state index contributed by atoms with van der Waals surface area (Å²) in [5.41, 5.74) is 0. The highest BCUT2D eigenvalue weighted by Gasteiger charge is 2.36. The molecule has 112 valence electrons. The molecule has 1 aliphatic rings. The molecule has 21 heavy (non-hydrogen) atoms. The molecule has 0 N–H and O–H groups in total. The summed E-state index contributed by atoms with van der Waals surface area (Å²) in [4.78, 5) is 36.3. The van der Waals surface area contributed by atoms with Crippen molar-refractivity contribution in [1.29, 1.82) is 0 Å². The van der Waals surface area contributed by atoms with Crippen LogP contribution in [0.1, 0.15) is 12.7 Å². The highest BCUT2D eigenvalue weighted by Crippen LogP contribution is 2.34. The van der Waals surface area contributed by atoms with E-state index in [0.717, 1.165) is 16.7 Å². The maximum Gasteiger partial charge on any atom is 0.326 e. The molecular formula is C12H9Br2NO5S. The first kappa shape index (κ1) is 16.3. The molecule has 0 radical (unpaired) electrons. The van der Waals surface area contributed by atoms with Crippen molar-refractivity contribution in [1.82, 2.24) is 4.90 Å². The zero-order valence-corrected chi connectivity index (χ0v) is 14.7.